The summed E-state index contributed by atoms with van der Waals surface area (Å²) in [4.78, 5) is 56.0. The van der Waals surface area contributed by atoms with Crippen LogP contribution < -0.4 is 16.0 Å². The third kappa shape index (κ3) is 4.92. The fraction of sp³-hybridized carbons (Fsp3) is 0.429. The molecule has 0 aromatic carbocycles. The number of rotatable bonds is 8. The number of carbonyl (C=O) groups excluding carboxylic acids is 4. The Kier molecular flexibility index (Phi) is 7.07. The van der Waals surface area contributed by atoms with Crippen LogP contribution >= 0.6 is 22.9 Å². The van der Waals surface area contributed by atoms with E-state index in [1.54, 1.807) is 6.92 Å². The monoisotopic (exact) mass is 417 g/mol. The Hall–Kier alpha value is -2.73. The minimum absolute atomic E-state index is 0.108. The lowest BCUT2D eigenvalue weighted by molar-refractivity contribution is -0.155. The summed E-state index contributed by atoms with van der Waals surface area (Å²) in [6, 6.07) is -2.09. The molecule has 27 heavy (non-hydrogen) atoms. The molecular weight excluding hydrogens is 402 g/mol. The number of nitrogens with zero attached hydrogens (tertiary/aromatic N) is 2. The van der Waals surface area contributed by atoms with Crippen molar-refractivity contribution in [1.82, 2.24) is 15.6 Å². The van der Waals surface area contributed by atoms with Gasteiger partial charge in [-0.15, -0.1) is 22.9 Å². The molecule has 1 aromatic heterocycles. The zero-order chi connectivity index (χ0) is 20.0. The standard InChI is InChI=1S/C14H16ClN5O6S/c1-3-26-13(24)10-9(12(23)19-10)18-11(22)8(20-25-2)6-5-27-14(16-6)17-7(21)4-15/h5,9-10H,3-4H2,1-2H3,(H,18,22)(H,19,23)(H,16,17,21)/t9-,10-/m0/s1. The molecule has 1 aromatic rings. The van der Waals surface area contributed by atoms with Gasteiger partial charge >= 0.3 is 5.97 Å². The zero-order valence-electron chi connectivity index (χ0n) is 14.3. The van der Waals surface area contributed by atoms with Crippen LogP contribution in [0.15, 0.2) is 10.5 Å². The van der Waals surface area contributed by atoms with Crippen molar-refractivity contribution in [2.24, 2.45) is 5.16 Å². The molecule has 3 N–H and O–H groups in total. The predicted octanol–water partition coefficient (Wildman–Crippen LogP) is -0.783. The van der Waals surface area contributed by atoms with E-state index in [0.717, 1.165) is 11.3 Å². The van der Waals surface area contributed by atoms with Crippen LogP contribution in [-0.4, -0.2) is 66.1 Å². The molecule has 2 atom stereocenters. The summed E-state index contributed by atoms with van der Waals surface area (Å²) in [5.41, 5.74) is -0.126. The van der Waals surface area contributed by atoms with Crippen molar-refractivity contribution < 1.29 is 28.8 Å². The minimum Gasteiger partial charge on any atom is -0.464 e. The van der Waals surface area contributed by atoms with E-state index in [1.165, 1.54) is 12.5 Å². The molecule has 0 unspecified atom stereocenters. The molecule has 146 valence electrons. The van der Waals surface area contributed by atoms with Gasteiger partial charge in [-0.2, -0.15) is 0 Å². The van der Waals surface area contributed by atoms with Gasteiger partial charge in [0.2, 0.25) is 11.8 Å². The van der Waals surface area contributed by atoms with E-state index in [2.05, 4.69) is 30.9 Å². The molecule has 0 saturated carbocycles. The summed E-state index contributed by atoms with van der Waals surface area (Å²) < 4.78 is 4.83. The highest BCUT2D eigenvalue weighted by Crippen LogP contribution is 2.17. The molecule has 0 radical (unpaired) electrons. The lowest BCUT2D eigenvalue weighted by atomic mass is 9.98. The van der Waals surface area contributed by atoms with E-state index in [-0.39, 0.29) is 29.0 Å². The average Bonchev–Trinajstić information content (AvgIpc) is 3.09. The molecule has 3 amide bonds. The lowest BCUT2D eigenvalue weighted by Crippen LogP contribution is -2.72. The zero-order valence-corrected chi connectivity index (χ0v) is 15.8. The molecule has 0 spiro atoms. The third-order valence-electron chi connectivity index (χ3n) is 3.25. The van der Waals surface area contributed by atoms with Crippen molar-refractivity contribution in [3.8, 4) is 0 Å². The van der Waals surface area contributed by atoms with Crippen molar-refractivity contribution in [3.63, 3.8) is 0 Å². The van der Waals surface area contributed by atoms with Gasteiger partial charge in [0.1, 0.15) is 24.7 Å². The molecule has 1 aliphatic heterocycles. The van der Waals surface area contributed by atoms with Crippen LogP contribution in [0.3, 0.4) is 0 Å². The molecule has 1 fully saturated rings. The minimum atomic E-state index is -1.10. The molecule has 0 aliphatic carbocycles. The Balaban J connectivity index is 2.11. The fourth-order valence-corrected chi connectivity index (χ4v) is 2.83. The number of ether oxygens (including phenoxy) is 1. The second kappa shape index (κ2) is 9.28. The number of alkyl halides is 1. The Morgan fingerprint density at radius 1 is 1.44 bits per heavy atom. The number of nitrogens with one attached hydrogen (secondary N) is 3. The molecule has 13 heteroatoms. The maximum atomic E-state index is 12.5. The summed E-state index contributed by atoms with van der Waals surface area (Å²) in [6.07, 6.45) is 0. The number of oxime groups is 1. The second-order valence-electron chi connectivity index (χ2n) is 5.03. The number of amides is 3. The summed E-state index contributed by atoms with van der Waals surface area (Å²) in [7, 11) is 1.23. The summed E-state index contributed by atoms with van der Waals surface area (Å²) in [6.45, 7) is 1.76. The maximum absolute atomic E-state index is 12.5. The second-order valence-corrected chi connectivity index (χ2v) is 6.16. The molecule has 0 bridgehead atoms. The normalized spacial score (nSPS) is 18.8. The number of thiazole rings is 1. The van der Waals surface area contributed by atoms with Gasteiger partial charge in [-0.05, 0) is 6.92 Å². The van der Waals surface area contributed by atoms with E-state index >= 15 is 0 Å². The van der Waals surface area contributed by atoms with E-state index in [1.807, 2.05) is 0 Å². The van der Waals surface area contributed by atoms with Gasteiger partial charge in [-0.25, -0.2) is 9.78 Å². The van der Waals surface area contributed by atoms with E-state index in [4.69, 9.17) is 16.3 Å². The van der Waals surface area contributed by atoms with Crippen molar-refractivity contribution in [1.29, 1.82) is 0 Å². The third-order valence-corrected chi connectivity index (χ3v) is 4.25. The molecular formula is C14H16ClN5O6S. The summed E-state index contributed by atoms with van der Waals surface area (Å²) in [5.74, 6) is -2.69. The first-order chi connectivity index (χ1) is 12.9. The largest absolute Gasteiger partial charge is 0.464 e. The van der Waals surface area contributed by atoms with Gasteiger partial charge in [0, 0.05) is 5.38 Å². The first-order valence-corrected chi connectivity index (χ1v) is 9.03. The fourth-order valence-electron chi connectivity index (χ4n) is 2.06. The smallest absolute Gasteiger partial charge is 0.331 e. The van der Waals surface area contributed by atoms with Crippen LogP contribution in [0.1, 0.15) is 12.6 Å². The molecule has 11 nitrogen and oxygen atoms in total. The topological polar surface area (TPSA) is 148 Å². The number of esters is 1. The highest BCUT2D eigenvalue weighted by atomic mass is 35.5. The molecule has 2 heterocycles. The lowest BCUT2D eigenvalue weighted by Gasteiger charge is -2.34. The number of hydrogen-bond donors (Lipinski definition) is 3. The van der Waals surface area contributed by atoms with Crippen LogP contribution in [0.25, 0.3) is 0 Å². The van der Waals surface area contributed by atoms with Crippen molar-refractivity contribution in [2.45, 2.75) is 19.0 Å². The van der Waals surface area contributed by atoms with E-state index < -0.39 is 35.8 Å². The number of hydrogen-bond acceptors (Lipinski definition) is 9. The van der Waals surface area contributed by atoms with Crippen LogP contribution in [0, 0.1) is 0 Å². The van der Waals surface area contributed by atoms with Gasteiger partial charge < -0.3 is 25.5 Å². The molecule has 2 rings (SSSR count). The van der Waals surface area contributed by atoms with Gasteiger partial charge in [0.25, 0.3) is 5.91 Å². The number of β-lactam (4-membered cyclic amide) rings is 1. The first-order valence-electron chi connectivity index (χ1n) is 7.62. The highest BCUT2D eigenvalue weighted by molar-refractivity contribution is 7.14. The van der Waals surface area contributed by atoms with Crippen LogP contribution in [0.2, 0.25) is 0 Å². The Bertz CT molecular complexity index is 782. The number of aromatic nitrogens is 1. The molecule has 1 saturated heterocycles. The summed E-state index contributed by atoms with van der Waals surface area (Å²) >= 11 is 6.45. The Labute approximate surface area is 162 Å². The van der Waals surface area contributed by atoms with Crippen LogP contribution in [0.4, 0.5) is 5.13 Å². The van der Waals surface area contributed by atoms with Gasteiger partial charge in [-0.3, -0.25) is 14.4 Å². The maximum Gasteiger partial charge on any atom is 0.331 e. The van der Waals surface area contributed by atoms with E-state index in [9.17, 15) is 19.2 Å². The SMILES string of the molecule is CCOC(=O)[C@H]1NC(=O)[C@H]1NC(=O)C(=NOC)c1csc(NC(=O)CCl)n1. The van der Waals surface area contributed by atoms with Gasteiger partial charge in [-0.1, -0.05) is 5.16 Å². The number of carbonyl (C=O) groups is 4. The Morgan fingerprint density at radius 2 is 2.19 bits per heavy atom. The number of anilines is 1. The average molecular weight is 418 g/mol. The van der Waals surface area contributed by atoms with Crippen LogP contribution in [0.5, 0.6) is 0 Å². The summed E-state index contributed by atoms with van der Waals surface area (Å²) in [5, 5.41) is 12.5. The van der Waals surface area contributed by atoms with E-state index in [0.29, 0.717) is 0 Å². The number of halogens is 1. The quantitative estimate of drug-likeness (QED) is 0.165. The van der Waals surface area contributed by atoms with Crippen molar-refractivity contribution in [2.75, 3.05) is 24.9 Å². The van der Waals surface area contributed by atoms with Crippen molar-refractivity contribution >= 4 is 57.5 Å². The Morgan fingerprint density at radius 3 is 2.78 bits per heavy atom. The van der Waals surface area contributed by atoms with Gasteiger partial charge in [0.15, 0.2) is 16.9 Å². The highest BCUT2D eigenvalue weighted by Gasteiger charge is 2.46. The van der Waals surface area contributed by atoms with Crippen LogP contribution in [-0.2, 0) is 28.8 Å². The first kappa shape index (κ1) is 20.6. The molecule has 1 aliphatic rings. The van der Waals surface area contributed by atoms with Gasteiger partial charge in [0.05, 0.1) is 6.61 Å². The van der Waals surface area contributed by atoms with Crippen molar-refractivity contribution in [3.05, 3.63) is 11.1 Å². The predicted molar refractivity (Wildman–Crippen MR) is 95.5 cm³/mol.